The maximum atomic E-state index is 13.4. The van der Waals surface area contributed by atoms with Gasteiger partial charge in [0.1, 0.15) is 11.5 Å². The monoisotopic (exact) mass is 520 g/mol. The second kappa shape index (κ2) is 11.7. The van der Waals surface area contributed by atoms with Crippen LogP contribution in [-0.2, 0) is 19.7 Å². The summed E-state index contributed by atoms with van der Waals surface area (Å²) in [5.74, 6) is -0.673. The molecule has 38 heavy (non-hydrogen) atoms. The second-order valence-electron chi connectivity index (χ2n) is 11.1. The summed E-state index contributed by atoms with van der Waals surface area (Å²) >= 11 is 0. The van der Waals surface area contributed by atoms with Crippen molar-refractivity contribution in [2.24, 2.45) is 0 Å². The van der Waals surface area contributed by atoms with Crippen LogP contribution in [0, 0.1) is 6.92 Å². The number of aliphatic hydroxyl groups excluding tert-OH is 1. The fraction of sp³-hybridized carbons (Fsp3) is 0.484. The Morgan fingerprint density at radius 2 is 1.74 bits per heavy atom. The minimum absolute atomic E-state index is 0.0324. The average Bonchev–Trinajstić information content (AvgIpc) is 3.15. The predicted molar refractivity (Wildman–Crippen MR) is 148 cm³/mol. The quantitative estimate of drug-likeness (QED) is 0.305. The van der Waals surface area contributed by atoms with E-state index in [9.17, 15) is 14.7 Å². The molecule has 0 saturated carbocycles. The van der Waals surface area contributed by atoms with Gasteiger partial charge in [0, 0.05) is 31.7 Å². The molecule has 0 spiro atoms. The van der Waals surface area contributed by atoms with Crippen molar-refractivity contribution in [3.8, 4) is 5.75 Å². The molecule has 7 heteroatoms. The Bertz CT molecular complexity index is 1190. The first kappa shape index (κ1) is 27.9. The van der Waals surface area contributed by atoms with Crippen molar-refractivity contribution in [3.63, 3.8) is 0 Å². The van der Waals surface area contributed by atoms with Gasteiger partial charge in [-0.3, -0.25) is 14.5 Å². The second-order valence-corrected chi connectivity index (χ2v) is 11.1. The molecule has 2 aromatic rings. The fourth-order valence-corrected chi connectivity index (χ4v) is 5.05. The first-order chi connectivity index (χ1) is 18.1. The standard InChI is InChI=1S/C31H40N2O5/c1-6-17-38-24-11-12-25(21(2)20-24)28(34)26-27(22-7-9-23(10-8-22)31(3,4)5)33(30(36)29(26)35)14-13-32-15-18-37-19-16-32/h7-12,20,27,34H,6,13-19H2,1-5H3/b28-26-. The molecule has 4 rings (SSSR count). The van der Waals surface area contributed by atoms with E-state index in [2.05, 4.69) is 25.7 Å². The third-order valence-corrected chi connectivity index (χ3v) is 7.32. The zero-order chi connectivity index (χ0) is 27.4. The van der Waals surface area contributed by atoms with Crippen molar-refractivity contribution in [3.05, 3.63) is 70.3 Å². The number of hydrogen-bond acceptors (Lipinski definition) is 6. The van der Waals surface area contributed by atoms with Gasteiger partial charge in [-0.15, -0.1) is 0 Å². The number of benzene rings is 2. The van der Waals surface area contributed by atoms with Gasteiger partial charge in [0.25, 0.3) is 11.7 Å². The molecule has 2 saturated heterocycles. The Morgan fingerprint density at radius 3 is 2.34 bits per heavy atom. The van der Waals surface area contributed by atoms with Crippen molar-refractivity contribution in [1.82, 2.24) is 9.80 Å². The van der Waals surface area contributed by atoms with Crippen molar-refractivity contribution >= 4 is 17.4 Å². The molecule has 1 atom stereocenters. The molecule has 0 aliphatic carbocycles. The number of ketones is 1. The SMILES string of the molecule is CCCOc1ccc(/C(O)=C2/C(=O)C(=O)N(CCN3CCOCC3)C2c2ccc(C(C)(C)C)cc2)c(C)c1. The number of amides is 1. The van der Waals surface area contributed by atoms with E-state index in [4.69, 9.17) is 9.47 Å². The predicted octanol–water partition coefficient (Wildman–Crippen LogP) is 4.84. The first-order valence-electron chi connectivity index (χ1n) is 13.5. The van der Waals surface area contributed by atoms with Crippen LogP contribution in [0.2, 0.25) is 0 Å². The van der Waals surface area contributed by atoms with E-state index in [0.717, 1.165) is 36.2 Å². The van der Waals surface area contributed by atoms with Crippen LogP contribution in [0.3, 0.4) is 0 Å². The first-order valence-corrected chi connectivity index (χ1v) is 13.5. The molecule has 0 bridgehead atoms. The maximum absolute atomic E-state index is 13.4. The summed E-state index contributed by atoms with van der Waals surface area (Å²) < 4.78 is 11.2. The Kier molecular flexibility index (Phi) is 8.58. The van der Waals surface area contributed by atoms with Crippen LogP contribution >= 0.6 is 0 Å². The van der Waals surface area contributed by atoms with E-state index in [1.807, 2.05) is 44.2 Å². The third-order valence-electron chi connectivity index (χ3n) is 7.32. The van der Waals surface area contributed by atoms with Crippen LogP contribution in [0.4, 0.5) is 0 Å². The summed E-state index contributed by atoms with van der Waals surface area (Å²) in [5.41, 5.74) is 3.36. The van der Waals surface area contributed by atoms with Gasteiger partial charge in [0.15, 0.2) is 0 Å². The summed E-state index contributed by atoms with van der Waals surface area (Å²) in [7, 11) is 0. The van der Waals surface area contributed by atoms with Crippen molar-refractivity contribution < 1.29 is 24.2 Å². The molecule has 2 aliphatic heterocycles. The van der Waals surface area contributed by atoms with Crippen molar-refractivity contribution in [2.75, 3.05) is 46.0 Å². The number of nitrogens with zero attached hydrogens (tertiary/aromatic N) is 2. The summed E-state index contributed by atoms with van der Waals surface area (Å²) in [6.45, 7) is 14.9. The Hall–Kier alpha value is -3.16. The van der Waals surface area contributed by atoms with Gasteiger partial charge in [-0.05, 0) is 53.6 Å². The molecule has 2 fully saturated rings. The topological polar surface area (TPSA) is 79.3 Å². The van der Waals surface area contributed by atoms with E-state index >= 15 is 0 Å². The molecule has 7 nitrogen and oxygen atoms in total. The van der Waals surface area contributed by atoms with E-state index < -0.39 is 17.7 Å². The Morgan fingerprint density at radius 1 is 1.05 bits per heavy atom. The summed E-state index contributed by atoms with van der Waals surface area (Å²) in [6.07, 6.45) is 0.892. The highest BCUT2D eigenvalue weighted by Crippen LogP contribution is 2.40. The number of ether oxygens (including phenoxy) is 2. The minimum Gasteiger partial charge on any atom is -0.507 e. The van der Waals surface area contributed by atoms with Crippen LogP contribution < -0.4 is 4.74 Å². The molecule has 204 valence electrons. The van der Waals surface area contributed by atoms with E-state index in [1.54, 1.807) is 17.0 Å². The molecule has 1 N–H and O–H groups in total. The molecule has 0 aromatic heterocycles. The van der Waals surface area contributed by atoms with Crippen LogP contribution in [0.25, 0.3) is 5.76 Å². The molecular formula is C31H40N2O5. The number of hydrogen-bond donors (Lipinski definition) is 1. The average molecular weight is 521 g/mol. The lowest BCUT2D eigenvalue weighted by Gasteiger charge is -2.31. The van der Waals surface area contributed by atoms with Crippen molar-refractivity contribution in [2.45, 2.75) is 52.5 Å². The largest absolute Gasteiger partial charge is 0.507 e. The summed E-state index contributed by atoms with van der Waals surface area (Å²) in [5, 5.41) is 11.5. The van der Waals surface area contributed by atoms with Gasteiger partial charge in [0.05, 0.1) is 31.4 Å². The summed E-state index contributed by atoms with van der Waals surface area (Å²) in [6, 6.07) is 12.8. The molecule has 1 amide bonds. The zero-order valence-corrected chi connectivity index (χ0v) is 23.3. The highest BCUT2D eigenvalue weighted by atomic mass is 16.5. The number of aliphatic hydroxyl groups is 1. The number of rotatable bonds is 8. The normalized spacial score (nSPS) is 20.2. The number of aryl methyl sites for hydroxylation is 1. The lowest BCUT2D eigenvalue weighted by molar-refractivity contribution is -0.140. The van der Waals surface area contributed by atoms with Crippen LogP contribution in [0.15, 0.2) is 48.0 Å². The van der Waals surface area contributed by atoms with E-state index in [1.165, 1.54) is 0 Å². The van der Waals surface area contributed by atoms with Crippen molar-refractivity contribution in [1.29, 1.82) is 0 Å². The summed E-state index contributed by atoms with van der Waals surface area (Å²) in [4.78, 5) is 30.7. The maximum Gasteiger partial charge on any atom is 0.295 e. The van der Waals surface area contributed by atoms with Gasteiger partial charge in [0.2, 0.25) is 0 Å². The van der Waals surface area contributed by atoms with Gasteiger partial charge in [-0.25, -0.2) is 0 Å². The molecular weight excluding hydrogens is 480 g/mol. The van der Waals surface area contributed by atoms with Gasteiger partial charge in [-0.1, -0.05) is 52.0 Å². The van der Waals surface area contributed by atoms with E-state index in [0.29, 0.717) is 44.2 Å². The molecule has 1 unspecified atom stereocenters. The molecule has 2 aromatic carbocycles. The van der Waals surface area contributed by atoms with Gasteiger partial charge >= 0.3 is 0 Å². The highest BCUT2D eigenvalue weighted by molar-refractivity contribution is 6.46. The van der Waals surface area contributed by atoms with Crippen LogP contribution in [0.1, 0.15) is 62.4 Å². The minimum atomic E-state index is -0.666. The highest BCUT2D eigenvalue weighted by Gasteiger charge is 2.46. The number of likely N-dealkylation sites (tertiary alicyclic amines) is 1. The smallest absolute Gasteiger partial charge is 0.295 e. The number of Topliss-reactive ketones (excluding diaryl/α,β-unsaturated/α-hetero) is 1. The Labute approximate surface area is 226 Å². The molecule has 2 heterocycles. The molecule has 0 radical (unpaired) electrons. The zero-order valence-electron chi connectivity index (χ0n) is 23.3. The van der Waals surface area contributed by atoms with Crippen LogP contribution in [-0.4, -0.2) is 72.6 Å². The van der Waals surface area contributed by atoms with Crippen LogP contribution in [0.5, 0.6) is 5.75 Å². The Balaban J connectivity index is 1.74. The number of morpholine rings is 1. The lowest BCUT2D eigenvalue weighted by Crippen LogP contribution is -2.42. The third kappa shape index (κ3) is 5.94. The number of carbonyl (C=O) groups is 2. The number of carbonyl (C=O) groups excluding carboxylic acids is 2. The van der Waals surface area contributed by atoms with E-state index in [-0.39, 0.29) is 16.7 Å². The van der Waals surface area contributed by atoms with Gasteiger partial charge < -0.3 is 19.5 Å². The fourth-order valence-electron chi connectivity index (χ4n) is 5.05. The van der Waals surface area contributed by atoms with Gasteiger partial charge in [-0.2, -0.15) is 0 Å². The lowest BCUT2D eigenvalue weighted by atomic mass is 9.85. The molecule has 2 aliphatic rings.